The zero-order valence-electron chi connectivity index (χ0n) is 8.73. The third-order valence-electron chi connectivity index (χ3n) is 2.20. The number of aliphatic carboxylic acids is 1. The zero-order valence-corrected chi connectivity index (χ0v) is 8.73. The molecule has 1 aromatic carbocycles. The molecule has 0 saturated carbocycles. The van der Waals surface area contributed by atoms with Gasteiger partial charge in [-0.1, -0.05) is 18.2 Å². The Bertz CT molecular complexity index is 360. The average Bonchev–Trinajstić information content (AvgIpc) is 2.18. The Hall–Kier alpha value is -1.55. The summed E-state index contributed by atoms with van der Waals surface area (Å²) < 4.78 is 5.15. The first-order valence-corrected chi connectivity index (χ1v) is 4.59. The van der Waals surface area contributed by atoms with Gasteiger partial charge in [0.2, 0.25) is 0 Å². The normalized spacial score (nSPS) is 12.2. The van der Waals surface area contributed by atoms with Gasteiger partial charge in [-0.2, -0.15) is 0 Å². The maximum atomic E-state index is 10.5. The summed E-state index contributed by atoms with van der Waals surface area (Å²) in [5.41, 5.74) is 1.62. The van der Waals surface area contributed by atoms with E-state index in [9.17, 15) is 9.90 Å². The van der Waals surface area contributed by atoms with Gasteiger partial charge < -0.3 is 14.9 Å². The molecule has 0 bridgehead atoms. The molecule has 1 rings (SSSR count). The standard InChI is InChI=1S/C11H14O4/c1-7-4-3-5-8(10(7)15-2)6-9(12)11(13)14/h3-5,9,12H,6H2,1-2H3,(H,13,14)/t9-/m1/s1. The van der Waals surface area contributed by atoms with Gasteiger partial charge in [-0.3, -0.25) is 0 Å². The van der Waals surface area contributed by atoms with Gasteiger partial charge in [0.1, 0.15) is 5.75 Å². The van der Waals surface area contributed by atoms with Crippen LogP contribution >= 0.6 is 0 Å². The Morgan fingerprint density at radius 1 is 1.53 bits per heavy atom. The quantitative estimate of drug-likeness (QED) is 0.777. The van der Waals surface area contributed by atoms with Crippen LogP contribution < -0.4 is 4.74 Å². The minimum absolute atomic E-state index is 0.0557. The predicted octanol–water partition coefficient (Wildman–Crippen LogP) is 0.992. The summed E-state index contributed by atoms with van der Waals surface area (Å²) in [7, 11) is 1.53. The zero-order chi connectivity index (χ0) is 11.4. The highest BCUT2D eigenvalue weighted by molar-refractivity contribution is 5.72. The van der Waals surface area contributed by atoms with Crippen LogP contribution in [0.25, 0.3) is 0 Å². The van der Waals surface area contributed by atoms with Crippen molar-refractivity contribution < 1.29 is 19.7 Å². The van der Waals surface area contributed by atoms with Crippen LogP contribution in [0, 0.1) is 6.92 Å². The molecule has 0 heterocycles. The van der Waals surface area contributed by atoms with Gasteiger partial charge >= 0.3 is 5.97 Å². The van der Waals surface area contributed by atoms with Gasteiger partial charge in [0.15, 0.2) is 6.10 Å². The number of benzene rings is 1. The number of hydrogen-bond donors (Lipinski definition) is 2. The molecule has 0 radical (unpaired) electrons. The van der Waals surface area contributed by atoms with Crippen molar-refractivity contribution >= 4 is 5.97 Å². The summed E-state index contributed by atoms with van der Waals surface area (Å²) >= 11 is 0. The topological polar surface area (TPSA) is 66.8 Å². The molecule has 0 saturated heterocycles. The highest BCUT2D eigenvalue weighted by Crippen LogP contribution is 2.24. The Morgan fingerprint density at radius 3 is 2.73 bits per heavy atom. The number of hydrogen-bond acceptors (Lipinski definition) is 3. The van der Waals surface area contributed by atoms with Crippen LogP contribution in [0.15, 0.2) is 18.2 Å². The minimum atomic E-state index is -1.39. The second kappa shape index (κ2) is 4.79. The van der Waals surface area contributed by atoms with E-state index in [-0.39, 0.29) is 6.42 Å². The molecule has 2 N–H and O–H groups in total. The predicted molar refractivity (Wildman–Crippen MR) is 55.1 cm³/mol. The molecule has 15 heavy (non-hydrogen) atoms. The molecule has 1 aromatic rings. The van der Waals surface area contributed by atoms with E-state index in [0.717, 1.165) is 5.56 Å². The van der Waals surface area contributed by atoms with Gasteiger partial charge in [0, 0.05) is 6.42 Å². The lowest BCUT2D eigenvalue weighted by Crippen LogP contribution is -2.22. The van der Waals surface area contributed by atoms with Crippen molar-refractivity contribution in [3.8, 4) is 5.75 Å². The summed E-state index contributed by atoms with van der Waals surface area (Å²) in [6.45, 7) is 1.87. The largest absolute Gasteiger partial charge is 0.496 e. The molecule has 0 aromatic heterocycles. The van der Waals surface area contributed by atoms with Crippen molar-refractivity contribution in [1.29, 1.82) is 0 Å². The molecule has 0 aliphatic rings. The molecule has 0 aliphatic heterocycles. The maximum Gasteiger partial charge on any atom is 0.332 e. The molecule has 4 heteroatoms. The van der Waals surface area contributed by atoms with Gasteiger partial charge in [-0.15, -0.1) is 0 Å². The van der Waals surface area contributed by atoms with Gasteiger partial charge in [-0.05, 0) is 18.1 Å². The Balaban J connectivity index is 2.94. The van der Waals surface area contributed by atoms with E-state index in [1.807, 2.05) is 19.1 Å². The Kier molecular flexibility index (Phi) is 3.68. The first-order valence-electron chi connectivity index (χ1n) is 4.59. The Morgan fingerprint density at radius 2 is 2.20 bits per heavy atom. The molecule has 0 amide bonds. The number of methoxy groups -OCH3 is 1. The van der Waals surface area contributed by atoms with E-state index in [1.54, 1.807) is 6.07 Å². The van der Waals surface area contributed by atoms with E-state index in [4.69, 9.17) is 9.84 Å². The number of rotatable bonds is 4. The van der Waals surface area contributed by atoms with E-state index < -0.39 is 12.1 Å². The van der Waals surface area contributed by atoms with Crippen molar-refractivity contribution in [1.82, 2.24) is 0 Å². The molecule has 82 valence electrons. The molecule has 0 unspecified atom stereocenters. The molecule has 4 nitrogen and oxygen atoms in total. The molecule has 0 fully saturated rings. The van der Waals surface area contributed by atoms with Crippen LogP contribution in [0.1, 0.15) is 11.1 Å². The summed E-state index contributed by atoms with van der Waals surface area (Å²) in [5, 5.41) is 17.8. The summed E-state index contributed by atoms with van der Waals surface area (Å²) in [4.78, 5) is 10.5. The molecule has 0 aliphatic carbocycles. The second-order valence-corrected chi connectivity index (χ2v) is 3.33. The summed E-state index contributed by atoms with van der Waals surface area (Å²) in [6.07, 6.45) is -1.33. The second-order valence-electron chi connectivity index (χ2n) is 3.33. The number of ether oxygens (including phenoxy) is 1. The number of aliphatic hydroxyl groups is 1. The fourth-order valence-electron chi connectivity index (χ4n) is 1.46. The number of para-hydroxylation sites is 1. The van der Waals surface area contributed by atoms with Gasteiger partial charge in [0.25, 0.3) is 0 Å². The lowest BCUT2D eigenvalue weighted by Gasteiger charge is -2.12. The van der Waals surface area contributed by atoms with Crippen molar-refractivity contribution in [2.24, 2.45) is 0 Å². The van der Waals surface area contributed by atoms with Gasteiger partial charge in [-0.25, -0.2) is 4.79 Å². The number of aryl methyl sites for hydroxylation is 1. The highest BCUT2D eigenvalue weighted by Gasteiger charge is 2.16. The van der Waals surface area contributed by atoms with Crippen LogP contribution in [-0.4, -0.2) is 29.4 Å². The third kappa shape index (κ3) is 2.70. The van der Waals surface area contributed by atoms with Crippen molar-refractivity contribution in [3.63, 3.8) is 0 Å². The first kappa shape index (κ1) is 11.5. The van der Waals surface area contributed by atoms with Crippen molar-refractivity contribution in [2.75, 3.05) is 7.11 Å². The fraction of sp³-hybridized carbons (Fsp3) is 0.364. The molecule has 1 atom stereocenters. The SMILES string of the molecule is COc1c(C)cccc1C[C@@H](O)C(=O)O. The van der Waals surface area contributed by atoms with E-state index >= 15 is 0 Å². The summed E-state index contributed by atoms with van der Waals surface area (Å²) in [5.74, 6) is -0.587. The van der Waals surface area contributed by atoms with E-state index in [0.29, 0.717) is 11.3 Å². The number of carbonyl (C=O) groups is 1. The van der Waals surface area contributed by atoms with Crippen LogP contribution in [0.5, 0.6) is 5.75 Å². The smallest absolute Gasteiger partial charge is 0.332 e. The monoisotopic (exact) mass is 210 g/mol. The van der Waals surface area contributed by atoms with Crippen molar-refractivity contribution in [2.45, 2.75) is 19.4 Å². The number of aliphatic hydroxyl groups excluding tert-OH is 1. The lowest BCUT2D eigenvalue weighted by molar-refractivity contribution is -0.146. The van der Waals surface area contributed by atoms with E-state index in [1.165, 1.54) is 7.11 Å². The minimum Gasteiger partial charge on any atom is -0.496 e. The van der Waals surface area contributed by atoms with Crippen LogP contribution in [0.4, 0.5) is 0 Å². The van der Waals surface area contributed by atoms with Crippen LogP contribution in [0.2, 0.25) is 0 Å². The first-order chi connectivity index (χ1) is 7.06. The fourth-order valence-corrected chi connectivity index (χ4v) is 1.46. The molecule has 0 spiro atoms. The Labute approximate surface area is 88.1 Å². The average molecular weight is 210 g/mol. The number of carboxylic acid groups (broad SMARTS) is 1. The van der Waals surface area contributed by atoms with Crippen molar-refractivity contribution in [3.05, 3.63) is 29.3 Å². The molecular formula is C11H14O4. The van der Waals surface area contributed by atoms with Gasteiger partial charge in [0.05, 0.1) is 7.11 Å². The lowest BCUT2D eigenvalue weighted by atomic mass is 10.0. The van der Waals surface area contributed by atoms with E-state index in [2.05, 4.69) is 0 Å². The summed E-state index contributed by atoms with van der Waals surface area (Å²) in [6, 6.07) is 5.43. The maximum absolute atomic E-state index is 10.5. The third-order valence-corrected chi connectivity index (χ3v) is 2.20. The highest BCUT2D eigenvalue weighted by atomic mass is 16.5. The van der Waals surface area contributed by atoms with Crippen LogP contribution in [0.3, 0.4) is 0 Å². The number of carboxylic acids is 1. The van der Waals surface area contributed by atoms with Crippen LogP contribution in [-0.2, 0) is 11.2 Å². The molecular weight excluding hydrogens is 196 g/mol.